The van der Waals surface area contributed by atoms with Crippen molar-refractivity contribution in [3.8, 4) is 0 Å². The van der Waals surface area contributed by atoms with Crippen LogP contribution in [0.15, 0.2) is 26.2 Å². The average Bonchev–Trinajstić information content (AvgIpc) is 2.89. The molecule has 2 bridgehead atoms. The third-order valence-electron chi connectivity index (χ3n) is 5.29. The number of benzene rings is 1. The minimum Gasteiger partial charge on any atom is -0.408 e. The molecule has 25 heavy (non-hydrogen) atoms. The zero-order valence-corrected chi connectivity index (χ0v) is 15.4. The van der Waals surface area contributed by atoms with Gasteiger partial charge in [-0.25, -0.2) is 17.9 Å². The second-order valence-electron chi connectivity index (χ2n) is 6.73. The van der Waals surface area contributed by atoms with Crippen LogP contribution >= 0.6 is 11.6 Å². The van der Waals surface area contributed by atoms with Crippen molar-refractivity contribution in [2.75, 3.05) is 19.6 Å². The number of piperidine rings is 3. The fraction of sp³-hybridized carbons (Fsp3) is 0.562. The van der Waals surface area contributed by atoms with Crippen LogP contribution in [0.4, 0.5) is 0 Å². The highest BCUT2D eigenvalue weighted by Gasteiger charge is 2.37. The summed E-state index contributed by atoms with van der Waals surface area (Å²) < 4.78 is 35.1. The van der Waals surface area contributed by atoms with Crippen molar-refractivity contribution < 1.29 is 12.8 Å². The molecule has 5 rings (SSSR count). The Hall–Kier alpha value is -1.35. The Labute approximate surface area is 150 Å². The standard InChI is InChI=1S/C16H20ClN3O4S/c1-2-20-13-7-11(17)15(8-14(13)24-16(20)21)25(22,23)18-12-9-19-5-3-10(12)4-6-19/h7-8,10,12,18H,2-6,9H2,1H3/t12-/m0/s1. The van der Waals surface area contributed by atoms with Crippen molar-refractivity contribution in [2.45, 2.75) is 37.2 Å². The van der Waals surface area contributed by atoms with Gasteiger partial charge in [-0.15, -0.1) is 0 Å². The minimum atomic E-state index is -3.79. The molecule has 0 radical (unpaired) electrons. The molecule has 1 atom stereocenters. The van der Waals surface area contributed by atoms with Crippen LogP contribution in [0.25, 0.3) is 11.1 Å². The Kier molecular flexibility index (Phi) is 4.18. The Bertz CT molecular complexity index is 973. The van der Waals surface area contributed by atoms with Crippen molar-refractivity contribution in [1.29, 1.82) is 0 Å². The number of nitrogens with one attached hydrogen (secondary N) is 1. The quantitative estimate of drug-likeness (QED) is 0.864. The molecular formula is C16H20ClN3O4S. The van der Waals surface area contributed by atoms with Crippen molar-refractivity contribution in [3.05, 3.63) is 27.7 Å². The summed E-state index contributed by atoms with van der Waals surface area (Å²) in [6.07, 6.45) is 2.02. The number of hydrogen-bond acceptors (Lipinski definition) is 5. The highest BCUT2D eigenvalue weighted by atomic mass is 35.5. The predicted molar refractivity (Wildman–Crippen MR) is 94.4 cm³/mol. The summed E-state index contributed by atoms with van der Waals surface area (Å²) in [6.45, 7) is 5.03. The van der Waals surface area contributed by atoms with Gasteiger partial charge in [0.25, 0.3) is 0 Å². The monoisotopic (exact) mass is 385 g/mol. The van der Waals surface area contributed by atoms with E-state index in [0.29, 0.717) is 18.0 Å². The number of oxazole rings is 1. The number of aromatic nitrogens is 1. The Balaban J connectivity index is 1.70. The molecule has 0 saturated carbocycles. The molecule has 1 aromatic carbocycles. The lowest BCUT2D eigenvalue weighted by atomic mass is 9.85. The second-order valence-corrected chi connectivity index (χ2v) is 8.82. The van der Waals surface area contributed by atoms with E-state index in [1.54, 1.807) is 0 Å². The van der Waals surface area contributed by atoms with Crippen molar-refractivity contribution >= 4 is 32.7 Å². The van der Waals surface area contributed by atoms with Crippen LogP contribution in [0.5, 0.6) is 0 Å². The average molecular weight is 386 g/mol. The maximum atomic E-state index is 12.9. The molecule has 7 nitrogen and oxygen atoms in total. The second kappa shape index (κ2) is 6.12. The van der Waals surface area contributed by atoms with Crippen LogP contribution in [0.3, 0.4) is 0 Å². The lowest BCUT2D eigenvalue weighted by Crippen LogP contribution is -2.57. The van der Waals surface area contributed by atoms with E-state index in [9.17, 15) is 13.2 Å². The van der Waals surface area contributed by atoms with Gasteiger partial charge in [-0.05, 0) is 44.8 Å². The van der Waals surface area contributed by atoms with Crippen LogP contribution in [-0.4, -0.2) is 43.6 Å². The fourth-order valence-corrected chi connectivity index (χ4v) is 5.76. The van der Waals surface area contributed by atoms with Crippen LogP contribution in [0.2, 0.25) is 5.02 Å². The molecule has 9 heteroatoms. The highest BCUT2D eigenvalue weighted by Crippen LogP contribution is 2.31. The molecule has 3 aliphatic rings. The Morgan fingerprint density at radius 3 is 2.64 bits per heavy atom. The maximum Gasteiger partial charge on any atom is 0.419 e. The van der Waals surface area contributed by atoms with Crippen molar-refractivity contribution in [2.24, 2.45) is 5.92 Å². The van der Waals surface area contributed by atoms with Gasteiger partial charge in [-0.2, -0.15) is 0 Å². The number of nitrogens with zero attached hydrogens (tertiary/aromatic N) is 2. The Morgan fingerprint density at radius 1 is 1.32 bits per heavy atom. The summed E-state index contributed by atoms with van der Waals surface area (Å²) in [5, 5.41) is 0.0873. The number of hydrogen-bond donors (Lipinski definition) is 1. The van der Waals surface area contributed by atoms with E-state index in [-0.39, 0.29) is 21.5 Å². The number of sulfonamides is 1. The van der Waals surface area contributed by atoms with Gasteiger partial charge < -0.3 is 9.32 Å². The summed E-state index contributed by atoms with van der Waals surface area (Å²) in [6, 6.07) is 2.72. The first-order valence-electron chi connectivity index (χ1n) is 8.46. The van der Waals surface area contributed by atoms with Gasteiger partial charge >= 0.3 is 5.76 Å². The number of aryl methyl sites for hydroxylation is 1. The molecule has 3 fully saturated rings. The molecule has 0 aliphatic carbocycles. The molecule has 3 saturated heterocycles. The molecule has 3 aliphatic heterocycles. The number of fused-ring (bicyclic) bond motifs is 4. The molecule has 0 unspecified atom stereocenters. The van der Waals surface area contributed by atoms with Gasteiger partial charge in [-0.1, -0.05) is 11.6 Å². The van der Waals surface area contributed by atoms with E-state index in [4.69, 9.17) is 16.0 Å². The largest absolute Gasteiger partial charge is 0.419 e. The SMILES string of the molecule is CCn1c(=O)oc2cc(S(=O)(=O)N[C@H]3CN4CCC3CC4)c(Cl)cc21. The van der Waals surface area contributed by atoms with Gasteiger partial charge in [0.05, 0.1) is 10.5 Å². The topological polar surface area (TPSA) is 84.5 Å². The number of rotatable bonds is 4. The predicted octanol–water partition coefficient (Wildman–Crippen LogP) is 1.64. The third-order valence-corrected chi connectivity index (χ3v) is 7.24. The molecule has 1 aromatic heterocycles. The van der Waals surface area contributed by atoms with Gasteiger partial charge in [-0.3, -0.25) is 4.57 Å². The molecule has 0 spiro atoms. The molecule has 1 N–H and O–H groups in total. The summed E-state index contributed by atoms with van der Waals surface area (Å²) >= 11 is 6.24. The lowest BCUT2D eigenvalue weighted by Gasteiger charge is -2.44. The normalized spacial score (nSPS) is 26.4. The van der Waals surface area contributed by atoms with Crippen molar-refractivity contribution in [3.63, 3.8) is 0 Å². The van der Waals surface area contributed by atoms with E-state index in [0.717, 1.165) is 32.5 Å². The van der Waals surface area contributed by atoms with E-state index in [1.807, 2.05) is 6.92 Å². The maximum absolute atomic E-state index is 12.9. The molecule has 4 heterocycles. The van der Waals surface area contributed by atoms with Gasteiger partial charge in [0.2, 0.25) is 10.0 Å². The Morgan fingerprint density at radius 2 is 2.04 bits per heavy atom. The molecule has 2 aromatic rings. The molecule has 136 valence electrons. The van der Waals surface area contributed by atoms with Crippen LogP contribution in [0.1, 0.15) is 19.8 Å². The van der Waals surface area contributed by atoms with E-state index in [1.165, 1.54) is 16.7 Å². The fourth-order valence-electron chi connectivity index (χ4n) is 3.93. The van der Waals surface area contributed by atoms with Crippen molar-refractivity contribution in [1.82, 2.24) is 14.2 Å². The first kappa shape index (κ1) is 17.1. The first-order chi connectivity index (χ1) is 11.9. The highest BCUT2D eigenvalue weighted by molar-refractivity contribution is 7.89. The molecular weight excluding hydrogens is 366 g/mol. The van der Waals surface area contributed by atoms with E-state index < -0.39 is 15.8 Å². The van der Waals surface area contributed by atoms with Gasteiger partial charge in [0, 0.05) is 25.2 Å². The zero-order chi connectivity index (χ0) is 17.8. The lowest BCUT2D eigenvalue weighted by molar-refractivity contribution is 0.0827. The summed E-state index contributed by atoms with van der Waals surface area (Å²) in [7, 11) is -3.79. The summed E-state index contributed by atoms with van der Waals surface area (Å²) in [5.74, 6) is -0.158. The smallest absolute Gasteiger partial charge is 0.408 e. The summed E-state index contributed by atoms with van der Waals surface area (Å²) in [4.78, 5) is 14.1. The van der Waals surface area contributed by atoms with Crippen LogP contribution in [0, 0.1) is 5.92 Å². The number of halogens is 1. The molecule has 0 amide bonds. The van der Waals surface area contributed by atoms with Gasteiger partial charge in [0.15, 0.2) is 5.58 Å². The zero-order valence-electron chi connectivity index (χ0n) is 13.9. The first-order valence-corrected chi connectivity index (χ1v) is 10.3. The van der Waals surface area contributed by atoms with E-state index in [2.05, 4.69) is 9.62 Å². The van der Waals surface area contributed by atoms with E-state index >= 15 is 0 Å². The minimum absolute atomic E-state index is 0.0462. The van der Waals surface area contributed by atoms with Gasteiger partial charge in [0.1, 0.15) is 4.90 Å². The summed E-state index contributed by atoms with van der Waals surface area (Å²) in [5.41, 5.74) is 0.727. The third kappa shape index (κ3) is 2.91. The van der Waals surface area contributed by atoms with Crippen LogP contribution in [-0.2, 0) is 16.6 Å². The van der Waals surface area contributed by atoms with Crippen LogP contribution < -0.4 is 10.5 Å².